The summed E-state index contributed by atoms with van der Waals surface area (Å²) in [6.07, 6.45) is 8.75. The van der Waals surface area contributed by atoms with Crippen molar-refractivity contribution in [2.24, 2.45) is 5.41 Å². The van der Waals surface area contributed by atoms with E-state index in [4.69, 9.17) is 4.18 Å². The molecular formula is C16H17NO4S. The molecule has 116 valence electrons. The second-order valence-corrected chi connectivity index (χ2v) is 6.73. The summed E-state index contributed by atoms with van der Waals surface area (Å²) in [5, 5.41) is 10.3. The highest BCUT2D eigenvalue weighted by Gasteiger charge is 2.19. The molecule has 1 aromatic rings. The maximum atomic E-state index is 12.2. The van der Waals surface area contributed by atoms with E-state index < -0.39 is 16.0 Å². The number of nitro groups is 1. The van der Waals surface area contributed by atoms with Gasteiger partial charge in [-0.15, -0.1) is 0 Å². The second kappa shape index (κ2) is 6.70. The van der Waals surface area contributed by atoms with E-state index in [1.54, 1.807) is 24.3 Å². The number of allylic oxidation sites excluding steroid dienone is 3. The van der Waals surface area contributed by atoms with Crippen LogP contribution in [0.2, 0.25) is 0 Å². The molecule has 0 amide bonds. The topological polar surface area (TPSA) is 69.4 Å². The zero-order valence-electron chi connectivity index (χ0n) is 12.4. The van der Waals surface area contributed by atoms with Crippen molar-refractivity contribution in [2.45, 2.75) is 20.3 Å². The van der Waals surface area contributed by atoms with Crippen molar-refractivity contribution in [3.8, 4) is 5.75 Å². The summed E-state index contributed by atoms with van der Waals surface area (Å²) in [5.41, 5.74) is 0.682. The third kappa shape index (κ3) is 4.66. The van der Waals surface area contributed by atoms with Crippen LogP contribution in [0.5, 0.6) is 5.75 Å². The molecule has 0 spiro atoms. The van der Waals surface area contributed by atoms with Gasteiger partial charge in [0.25, 0.3) is 0 Å². The molecule has 1 atom stereocenters. The molecule has 5 nitrogen and oxygen atoms in total. The summed E-state index contributed by atoms with van der Waals surface area (Å²) in [4.78, 5) is 10.4. The van der Waals surface area contributed by atoms with Crippen LogP contribution in [0.1, 0.15) is 25.8 Å². The third-order valence-corrected chi connectivity index (χ3v) is 4.17. The monoisotopic (exact) mass is 319 g/mol. The van der Waals surface area contributed by atoms with Gasteiger partial charge in [0.2, 0.25) is 17.3 Å². The van der Waals surface area contributed by atoms with E-state index in [9.17, 15) is 14.3 Å². The quantitative estimate of drug-likeness (QED) is 0.610. The predicted molar refractivity (Wildman–Crippen MR) is 86.9 cm³/mol. The van der Waals surface area contributed by atoms with Crippen LogP contribution in [0.3, 0.4) is 0 Å². The van der Waals surface area contributed by atoms with Crippen molar-refractivity contribution in [1.29, 1.82) is 0 Å². The highest BCUT2D eigenvalue weighted by atomic mass is 32.2. The second-order valence-electron chi connectivity index (χ2n) is 5.62. The SMILES string of the molecule is CC1(C)C=CC(S(=O)Oc2cccc(/C=C/[N+](=O)[O-])c2)=CC1. The molecule has 0 radical (unpaired) electrons. The molecule has 1 aliphatic carbocycles. The van der Waals surface area contributed by atoms with Crippen LogP contribution in [0.4, 0.5) is 0 Å². The first kappa shape index (κ1) is 16.2. The Bertz CT molecular complexity index is 689. The molecule has 0 saturated heterocycles. The van der Waals surface area contributed by atoms with Gasteiger partial charge in [-0.1, -0.05) is 38.1 Å². The van der Waals surface area contributed by atoms with Crippen molar-refractivity contribution in [2.75, 3.05) is 0 Å². The Morgan fingerprint density at radius 2 is 2.18 bits per heavy atom. The molecule has 0 saturated carbocycles. The van der Waals surface area contributed by atoms with E-state index in [0.717, 1.165) is 12.6 Å². The molecule has 0 bridgehead atoms. The van der Waals surface area contributed by atoms with Gasteiger partial charge in [-0.05, 0) is 35.6 Å². The fraction of sp³-hybridized carbons (Fsp3) is 0.250. The Morgan fingerprint density at radius 1 is 1.41 bits per heavy atom. The lowest BCUT2D eigenvalue weighted by Gasteiger charge is -2.22. The minimum atomic E-state index is -1.60. The molecule has 0 heterocycles. The maximum absolute atomic E-state index is 12.2. The van der Waals surface area contributed by atoms with Crippen molar-refractivity contribution >= 4 is 17.2 Å². The van der Waals surface area contributed by atoms with Crippen molar-refractivity contribution in [3.63, 3.8) is 0 Å². The summed E-state index contributed by atoms with van der Waals surface area (Å²) < 4.78 is 17.6. The van der Waals surface area contributed by atoms with Gasteiger partial charge in [-0.25, -0.2) is 4.21 Å². The molecule has 2 rings (SSSR count). The fourth-order valence-corrected chi connectivity index (χ4v) is 2.66. The molecule has 1 unspecified atom stereocenters. The Kier molecular flexibility index (Phi) is 4.92. The third-order valence-electron chi connectivity index (χ3n) is 3.14. The fourth-order valence-electron chi connectivity index (χ4n) is 1.88. The molecule has 22 heavy (non-hydrogen) atoms. The average Bonchev–Trinajstić information content (AvgIpc) is 2.45. The Labute approximate surface area is 131 Å². The van der Waals surface area contributed by atoms with E-state index in [2.05, 4.69) is 13.8 Å². The largest absolute Gasteiger partial charge is 0.397 e. The highest BCUT2D eigenvalue weighted by molar-refractivity contribution is 7.84. The van der Waals surface area contributed by atoms with Gasteiger partial charge in [-0.3, -0.25) is 10.1 Å². The van der Waals surface area contributed by atoms with Crippen molar-refractivity contribution in [1.82, 2.24) is 0 Å². The highest BCUT2D eigenvalue weighted by Crippen LogP contribution is 2.29. The predicted octanol–water partition coefficient (Wildman–Crippen LogP) is 3.85. The van der Waals surface area contributed by atoms with Gasteiger partial charge in [0.1, 0.15) is 5.75 Å². The Balaban J connectivity index is 2.07. The van der Waals surface area contributed by atoms with Crippen LogP contribution in [-0.4, -0.2) is 9.13 Å². The van der Waals surface area contributed by atoms with E-state index >= 15 is 0 Å². The van der Waals surface area contributed by atoms with Gasteiger partial charge in [0.15, 0.2) is 0 Å². The summed E-state index contributed by atoms with van der Waals surface area (Å²) in [6, 6.07) is 6.67. The van der Waals surface area contributed by atoms with Crippen LogP contribution in [0, 0.1) is 15.5 Å². The van der Waals surface area contributed by atoms with Gasteiger partial charge in [-0.2, -0.15) is 0 Å². The van der Waals surface area contributed by atoms with E-state index in [1.165, 1.54) is 6.08 Å². The first-order chi connectivity index (χ1) is 10.4. The zero-order chi connectivity index (χ0) is 16.2. The van der Waals surface area contributed by atoms with Gasteiger partial charge in [0, 0.05) is 6.08 Å². The van der Waals surface area contributed by atoms with Gasteiger partial charge in [0.05, 0.1) is 9.83 Å². The smallest absolute Gasteiger partial charge is 0.240 e. The minimum Gasteiger partial charge on any atom is -0.397 e. The number of hydrogen-bond donors (Lipinski definition) is 0. The van der Waals surface area contributed by atoms with Crippen LogP contribution in [0.25, 0.3) is 6.08 Å². The number of hydrogen-bond acceptors (Lipinski definition) is 4. The Hall–Kier alpha value is -2.21. The first-order valence-electron chi connectivity index (χ1n) is 6.77. The van der Waals surface area contributed by atoms with E-state index in [0.29, 0.717) is 16.2 Å². The van der Waals surface area contributed by atoms with Crippen molar-refractivity contribution < 1.29 is 13.3 Å². The lowest BCUT2D eigenvalue weighted by molar-refractivity contribution is -0.400. The zero-order valence-corrected chi connectivity index (χ0v) is 13.2. The number of nitrogens with zero attached hydrogens (tertiary/aromatic N) is 1. The molecule has 0 fully saturated rings. The van der Waals surface area contributed by atoms with Crippen LogP contribution < -0.4 is 4.18 Å². The molecule has 1 aliphatic rings. The van der Waals surface area contributed by atoms with Crippen LogP contribution in [-0.2, 0) is 11.1 Å². The molecular weight excluding hydrogens is 302 g/mol. The summed E-state index contributed by atoms with van der Waals surface area (Å²) in [6.45, 7) is 4.21. The summed E-state index contributed by atoms with van der Waals surface area (Å²) in [7, 11) is 0. The number of rotatable bonds is 5. The maximum Gasteiger partial charge on any atom is 0.240 e. The molecule has 1 aromatic carbocycles. The minimum absolute atomic E-state index is 0.0704. The van der Waals surface area contributed by atoms with Crippen LogP contribution >= 0.6 is 0 Å². The molecule has 6 heteroatoms. The number of benzene rings is 1. The standard InChI is InChI=1S/C16H17NO4S/c1-16(2)9-6-15(7-10-16)22(20)21-14-5-3-4-13(12-14)8-11-17(18)19/h3-9,11-12H,10H2,1-2H3/b11-8+. The molecule has 0 aromatic heterocycles. The van der Waals surface area contributed by atoms with Crippen molar-refractivity contribution in [3.05, 3.63) is 69.3 Å². The van der Waals surface area contributed by atoms with Gasteiger partial charge >= 0.3 is 0 Å². The normalized spacial score (nSPS) is 18.0. The average molecular weight is 319 g/mol. The van der Waals surface area contributed by atoms with Crippen LogP contribution in [0.15, 0.2) is 53.6 Å². The summed E-state index contributed by atoms with van der Waals surface area (Å²) >= 11 is -1.60. The first-order valence-corrected chi connectivity index (χ1v) is 7.84. The molecule has 0 N–H and O–H groups in total. The Morgan fingerprint density at radius 3 is 2.82 bits per heavy atom. The molecule has 0 aliphatic heterocycles. The lowest BCUT2D eigenvalue weighted by Crippen LogP contribution is -2.12. The summed E-state index contributed by atoms with van der Waals surface area (Å²) in [5.74, 6) is 0.406. The van der Waals surface area contributed by atoms with E-state index in [-0.39, 0.29) is 5.41 Å². The van der Waals surface area contributed by atoms with E-state index in [1.807, 2.05) is 18.2 Å². The lowest BCUT2D eigenvalue weighted by atomic mass is 9.86. The van der Waals surface area contributed by atoms with Gasteiger partial charge < -0.3 is 4.18 Å².